The van der Waals surface area contributed by atoms with Gasteiger partial charge in [0.25, 0.3) is 0 Å². The first-order chi connectivity index (χ1) is 7.79. The minimum Gasteiger partial charge on any atom is -0.325 e. The lowest BCUT2D eigenvalue weighted by Gasteiger charge is -2.11. The highest BCUT2D eigenvalue weighted by molar-refractivity contribution is 7.98. The number of halogens is 1. The van der Waals surface area contributed by atoms with Gasteiger partial charge in [-0.25, -0.2) is 0 Å². The second kappa shape index (κ2) is 6.89. The van der Waals surface area contributed by atoms with Crippen LogP contribution < -0.4 is 10.6 Å². The molecule has 94 valence electrons. The van der Waals surface area contributed by atoms with Crippen LogP contribution in [0.1, 0.15) is 12.8 Å². The highest BCUT2D eigenvalue weighted by Gasteiger charge is 2.21. The molecule has 0 aliphatic carbocycles. The van der Waals surface area contributed by atoms with Gasteiger partial charge in [0, 0.05) is 10.6 Å². The maximum atomic E-state index is 11.8. The molecule has 3 nitrogen and oxygen atoms in total. The smallest absolute Gasteiger partial charge is 0.241 e. The summed E-state index contributed by atoms with van der Waals surface area (Å²) in [5, 5.41) is 6.13. The minimum absolute atomic E-state index is 0. The average Bonchev–Trinajstić information content (AvgIpc) is 2.83. The molecule has 1 aliphatic heterocycles. The van der Waals surface area contributed by atoms with E-state index in [9.17, 15) is 4.79 Å². The van der Waals surface area contributed by atoms with Crippen LogP contribution in [-0.2, 0) is 4.79 Å². The number of hydrogen-bond donors (Lipinski definition) is 2. The molecule has 0 aromatic heterocycles. The number of rotatable bonds is 3. The van der Waals surface area contributed by atoms with Crippen molar-refractivity contribution in [1.29, 1.82) is 0 Å². The minimum atomic E-state index is -0.0158. The standard InChI is InChI=1S/C12H16N2OS.ClH/c1-16-10-5-2-4-9(8-10)14-12(15)11-6-3-7-13-11;/h2,4-5,8,11,13H,3,6-7H2,1H3,(H,14,15);1H. The predicted octanol–water partition coefficient (Wildman–Crippen LogP) is 2.52. The van der Waals surface area contributed by atoms with Crippen molar-refractivity contribution in [1.82, 2.24) is 5.32 Å². The average molecular weight is 273 g/mol. The maximum Gasteiger partial charge on any atom is 0.241 e. The van der Waals surface area contributed by atoms with E-state index in [1.165, 1.54) is 0 Å². The zero-order chi connectivity index (χ0) is 11.4. The Balaban J connectivity index is 0.00000144. The van der Waals surface area contributed by atoms with E-state index in [1.807, 2.05) is 30.5 Å². The first-order valence-corrected chi connectivity index (χ1v) is 6.70. The molecule has 5 heteroatoms. The van der Waals surface area contributed by atoms with Crippen LogP contribution in [0.15, 0.2) is 29.2 Å². The maximum absolute atomic E-state index is 11.8. The van der Waals surface area contributed by atoms with Crippen molar-refractivity contribution in [3.63, 3.8) is 0 Å². The van der Waals surface area contributed by atoms with Crippen LogP contribution in [-0.4, -0.2) is 24.7 Å². The molecule has 1 atom stereocenters. The molecule has 1 aromatic carbocycles. The van der Waals surface area contributed by atoms with Crippen molar-refractivity contribution in [2.45, 2.75) is 23.8 Å². The lowest BCUT2D eigenvalue weighted by Crippen LogP contribution is -2.35. The number of benzene rings is 1. The van der Waals surface area contributed by atoms with Crippen molar-refractivity contribution >= 4 is 35.8 Å². The summed E-state index contributed by atoms with van der Waals surface area (Å²) in [4.78, 5) is 13.0. The van der Waals surface area contributed by atoms with Gasteiger partial charge in [0.1, 0.15) is 0 Å². The quantitative estimate of drug-likeness (QED) is 0.831. The molecule has 0 saturated carbocycles. The molecule has 1 aromatic rings. The second-order valence-electron chi connectivity index (χ2n) is 3.87. The van der Waals surface area contributed by atoms with Gasteiger partial charge in [-0.05, 0) is 43.8 Å². The summed E-state index contributed by atoms with van der Waals surface area (Å²) in [7, 11) is 0. The number of amides is 1. The Kier molecular flexibility index (Phi) is 5.82. The largest absolute Gasteiger partial charge is 0.325 e. The number of nitrogens with one attached hydrogen (secondary N) is 2. The van der Waals surface area contributed by atoms with Gasteiger partial charge in [-0.3, -0.25) is 4.79 Å². The van der Waals surface area contributed by atoms with Crippen LogP contribution in [0.2, 0.25) is 0 Å². The Labute approximate surface area is 112 Å². The van der Waals surface area contributed by atoms with Crippen LogP contribution in [0.5, 0.6) is 0 Å². The van der Waals surface area contributed by atoms with Crippen LogP contribution in [0.4, 0.5) is 5.69 Å². The molecular weight excluding hydrogens is 256 g/mol. The lowest BCUT2D eigenvalue weighted by molar-refractivity contribution is -0.117. The second-order valence-corrected chi connectivity index (χ2v) is 4.75. The van der Waals surface area contributed by atoms with E-state index in [-0.39, 0.29) is 24.4 Å². The third-order valence-corrected chi connectivity index (χ3v) is 3.44. The first-order valence-electron chi connectivity index (χ1n) is 5.48. The Morgan fingerprint density at radius 2 is 2.35 bits per heavy atom. The van der Waals surface area contributed by atoms with Gasteiger partial charge in [-0.1, -0.05) is 6.07 Å². The van der Waals surface area contributed by atoms with Gasteiger partial charge >= 0.3 is 0 Å². The number of carbonyl (C=O) groups is 1. The lowest BCUT2D eigenvalue weighted by atomic mass is 10.2. The molecule has 2 rings (SSSR count). The van der Waals surface area contributed by atoms with E-state index in [4.69, 9.17) is 0 Å². The molecule has 17 heavy (non-hydrogen) atoms. The molecule has 1 fully saturated rings. The van der Waals surface area contributed by atoms with Gasteiger partial charge < -0.3 is 10.6 Å². The fourth-order valence-corrected chi connectivity index (χ4v) is 2.30. The molecule has 0 spiro atoms. The summed E-state index contributed by atoms with van der Waals surface area (Å²) in [6.07, 6.45) is 4.05. The Morgan fingerprint density at radius 1 is 1.53 bits per heavy atom. The summed E-state index contributed by atoms with van der Waals surface area (Å²) in [5.74, 6) is 0.0794. The van der Waals surface area contributed by atoms with E-state index in [0.29, 0.717) is 0 Å². The Morgan fingerprint density at radius 3 is 3.00 bits per heavy atom. The zero-order valence-corrected chi connectivity index (χ0v) is 11.4. The SMILES string of the molecule is CSc1cccc(NC(=O)C2CCCN2)c1.Cl. The fraction of sp³-hybridized carbons (Fsp3) is 0.417. The molecule has 1 amide bonds. The van der Waals surface area contributed by atoms with Gasteiger partial charge in [-0.2, -0.15) is 0 Å². The fourth-order valence-electron chi connectivity index (χ4n) is 1.84. The van der Waals surface area contributed by atoms with Crippen molar-refractivity contribution in [3.8, 4) is 0 Å². The Bertz CT molecular complexity index is 381. The predicted molar refractivity (Wildman–Crippen MR) is 75.1 cm³/mol. The van der Waals surface area contributed by atoms with E-state index >= 15 is 0 Å². The summed E-state index contributed by atoms with van der Waals surface area (Å²) in [6.45, 7) is 0.947. The highest BCUT2D eigenvalue weighted by Crippen LogP contribution is 2.19. The Hall–Kier alpha value is -0.710. The monoisotopic (exact) mass is 272 g/mol. The molecule has 0 radical (unpaired) electrons. The van der Waals surface area contributed by atoms with Gasteiger partial charge in [0.15, 0.2) is 0 Å². The summed E-state index contributed by atoms with van der Waals surface area (Å²) >= 11 is 1.68. The van der Waals surface area contributed by atoms with E-state index in [1.54, 1.807) is 11.8 Å². The van der Waals surface area contributed by atoms with Crippen LogP contribution in [0.3, 0.4) is 0 Å². The normalized spacial score (nSPS) is 18.5. The third kappa shape index (κ3) is 3.91. The molecule has 1 saturated heterocycles. The van der Waals surface area contributed by atoms with Gasteiger partial charge in [0.2, 0.25) is 5.91 Å². The summed E-state index contributed by atoms with van der Waals surface area (Å²) in [5.41, 5.74) is 0.880. The topological polar surface area (TPSA) is 41.1 Å². The molecular formula is C12H17ClN2OS. The van der Waals surface area contributed by atoms with E-state index in [2.05, 4.69) is 10.6 Å². The number of hydrogen-bond acceptors (Lipinski definition) is 3. The molecule has 1 aliphatic rings. The van der Waals surface area contributed by atoms with E-state index < -0.39 is 0 Å². The summed E-state index contributed by atoms with van der Waals surface area (Å²) < 4.78 is 0. The summed E-state index contributed by atoms with van der Waals surface area (Å²) in [6, 6.07) is 7.90. The van der Waals surface area contributed by atoms with Gasteiger partial charge in [0.05, 0.1) is 6.04 Å². The van der Waals surface area contributed by atoms with Crippen molar-refractivity contribution in [3.05, 3.63) is 24.3 Å². The molecule has 1 heterocycles. The van der Waals surface area contributed by atoms with Crippen LogP contribution in [0, 0.1) is 0 Å². The number of carbonyl (C=O) groups excluding carboxylic acids is 1. The highest BCUT2D eigenvalue weighted by atomic mass is 35.5. The number of anilines is 1. The van der Waals surface area contributed by atoms with Crippen molar-refractivity contribution < 1.29 is 4.79 Å². The number of thioether (sulfide) groups is 1. The third-order valence-electron chi connectivity index (χ3n) is 2.71. The van der Waals surface area contributed by atoms with Gasteiger partial charge in [-0.15, -0.1) is 24.2 Å². The van der Waals surface area contributed by atoms with Crippen molar-refractivity contribution in [2.24, 2.45) is 0 Å². The molecule has 1 unspecified atom stereocenters. The molecule has 2 N–H and O–H groups in total. The van der Waals surface area contributed by atoms with Crippen LogP contribution >= 0.6 is 24.2 Å². The zero-order valence-electron chi connectivity index (χ0n) is 9.73. The van der Waals surface area contributed by atoms with Crippen LogP contribution in [0.25, 0.3) is 0 Å². The molecule has 0 bridgehead atoms. The van der Waals surface area contributed by atoms with E-state index in [0.717, 1.165) is 30.0 Å². The van der Waals surface area contributed by atoms with Crippen molar-refractivity contribution in [2.75, 3.05) is 18.1 Å². The first kappa shape index (κ1) is 14.4.